The van der Waals surface area contributed by atoms with E-state index in [4.69, 9.17) is 4.74 Å². The second-order valence-corrected chi connectivity index (χ2v) is 11.2. The maximum absolute atomic E-state index is 12.4. The lowest BCUT2D eigenvalue weighted by atomic mass is 10.2. The molecule has 2 aliphatic heterocycles. The summed E-state index contributed by atoms with van der Waals surface area (Å²) in [6.45, 7) is 6.98. The Kier molecular flexibility index (Phi) is 10.1. The normalized spacial score (nSPS) is 19.6. The first-order valence-corrected chi connectivity index (χ1v) is 13.3. The molecule has 2 fully saturated rings. The van der Waals surface area contributed by atoms with Gasteiger partial charge in [0.25, 0.3) is 0 Å². The molecule has 0 saturated carbocycles. The number of aromatic nitrogens is 2. The van der Waals surface area contributed by atoms with Crippen LogP contribution in [0.15, 0.2) is 58.8 Å². The number of rotatable bonds is 4. The molecular weight excluding hydrogens is 484 g/mol. The number of thioether (sulfide) groups is 2. The van der Waals surface area contributed by atoms with Crippen LogP contribution in [0.4, 0.5) is 4.79 Å². The van der Waals surface area contributed by atoms with Crippen molar-refractivity contribution in [3.8, 4) is 0 Å². The first-order valence-electron chi connectivity index (χ1n) is 11.7. The molecule has 1 amide bonds. The number of nitrogens with one attached hydrogen (secondary N) is 1. The third kappa shape index (κ3) is 8.94. The summed E-state index contributed by atoms with van der Waals surface area (Å²) in [5.41, 5.74) is -0.554. The van der Waals surface area contributed by atoms with Gasteiger partial charge in [-0.1, -0.05) is 12.1 Å². The predicted octanol–water partition coefficient (Wildman–Crippen LogP) is 4.55. The number of likely N-dealkylation sites (tertiary alicyclic amines) is 1. The number of nitrogens with zero attached hydrogens (tertiary/aromatic N) is 3. The molecule has 2 aliphatic rings. The van der Waals surface area contributed by atoms with Crippen LogP contribution in [0.25, 0.3) is 0 Å². The Hall–Kier alpha value is -2.43. The molecule has 10 heteroatoms. The smallest absolute Gasteiger partial charge is 0.410 e. The summed E-state index contributed by atoms with van der Waals surface area (Å²) < 4.78 is 5.36. The van der Waals surface area contributed by atoms with Crippen molar-refractivity contribution in [1.82, 2.24) is 20.2 Å². The maximum Gasteiger partial charge on any atom is 0.410 e. The van der Waals surface area contributed by atoms with Gasteiger partial charge in [0.15, 0.2) is 0 Å². The summed E-state index contributed by atoms with van der Waals surface area (Å²) in [5, 5.41) is 4.74. The van der Waals surface area contributed by atoms with Crippen molar-refractivity contribution in [1.29, 1.82) is 0 Å². The van der Waals surface area contributed by atoms with Crippen LogP contribution in [0, 0.1) is 0 Å². The Balaban J connectivity index is 0.000000211. The van der Waals surface area contributed by atoms with Gasteiger partial charge in [-0.15, -0.1) is 0 Å². The lowest BCUT2D eigenvalue weighted by Crippen LogP contribution is -2.42. The third-order valence-electron chi connectivity index (χ3n) is 5.18. The summed E-state index contributed by atoms with van der Waals surface area (Å²) in [6, 6.07) is 10.6. The fraction of sp³-hybridized carbons (Fsp3) is 0.480. The molecule has 0 spiro atoms. The highest BCUT2D eigenvalue weighted by Crippen LogP contribution is 2.27. The molecule has 0 aliphatic carbocycles. The van der Waals surface area contributed by atoms with Gasteiger partial charge >= 0.3 is 6.09 Å². The minimum Gasteiger partial charge on any atom is -0.444 e. The van der Waals surface area contributed by atoms with Crippen LogP contribution in [0.5, 0.6) is 0 Å². The molecule has 0 radical (unpaired) electrons. The molecule has 2 aromatic heterocycles. The summed E-state index contributed by atoms with van der Waals surface area (Å²) in [5.74, 6) is 0. The standard InChI is InChI=1S/C15H20N2O3S.C10H12N2OS/c1-15(2,3)20-14(19)17-10-6-7-11(17)13(18)21-12-8-4-5-9-16-12;13-10(8-4-3-7-11-8)14-9-5-1-2-6-12-9/h4-5,8-9,11H,6-7,10H2,1-3H3;1-2,5-6,8,11H,3-4,7H2/t11-;8-/m00/s1. The van der Waals surface area contributed by atoms with E-state index in [1.54, 1.807) is 24.5 Å². The van der Waals surface area contributed by atoms with Crippen molar-refractivity contribution >= 4 is 39.8 Å². The van der Waals surface area contributed by atoms with Gasteiger partial charge in [0.2, 0.25) is 10.2 Å². The molecule has 4 rings (SSSR count). The van der Waals surface area contributed by atoms with Crippen LogP contribution in [-0.2, 0) is 14.3 Å². The van der Waals surface area contributed by atoms with Gasteiger partial charge in [0.1, 0.15) is 21.7 Å². The van der Waals surface area contributed by atoms with E-state index in [-0.39, 0.29) is 16.3 Å². The molecule has 0 aromatic carbocycles. The largest absolute Gasteiger partial charge is 0.444 e. The van der Waals surface area contributed by atoms with Gasteiger partial charge in [0, 0.05) is 18.9 Å². The van der Waals surface area contributed by atoms with Crippen LogP contribution in [0.2, 0.25) is 0 Å². The SMILES string of the molecule is CC(C)(C)OC(=O)N1CCC[C@H]1C(=O)Sc1ccccn1.O=C(Sc1ccccn1)[C@@H]1CCCN1. The number of hydrogen-bond acceptors (Lipinski definition) is 9. The van der Waals surface area contributed by atoms with Crippen molar-refractivity contribution < 1.29 is 19.1 Å². The highest BCUT2D eigenvalue weighted by Gasteiger charge is 2.37. The second kappa shape index (κ2) is 13.0. The number of pyridine rings is 2. The van der Waals surface area contributed by atoms with Gasteiger partial charge in [-0.25, -0.2) is 14.8 Å². The van der Waals surface area contributed by atoms with Crippen LogP contribution < -0.4 is 5.32 Å². The monoisotopic (exact) mass is 516 g/mol. The topological polar surface area (TPSA) is 101 Å². The zero-order valence-corrected chi connectivity index (χ0v) is 21.9. The number of carbonyl (C=O) groups excluding carboxylic acids is 3. The molecular formula is C25H32N4O4S2. The average molecular weight is 517 g/mol. The molecule has 35 heavy (non-hydrogen) atoms. The maximum atomic E-state index is 12.4. The van der Waals surface area contributed by atoms with Gasteiger partial charge in [-0.05, 0) is 101 Å². The molecule has 1 N–H and O–H groups in total. The van der Waals surface area contributed by atoms with E-state index in [9.17, 15) is 14.4 Å². The van der Waals surface area contributed by atoms with Gasteiger partial charge in [-0.3, -0.25) is 14.5 Å². The summed E-state index contributed by atoms with van der Waals surface area (Å²) in [7, 11) is 0. The van der Waals surface area contributed by atoms with E-state index >= 15 is 0 Å². The first-order chi connectivity index (χ1) is 16.7. The Bertz CT molecular complexity index is 980. The molecule has 188 valence electrons. The van der Waals surface area contributed by atoms with E-state index in [1.807, 2.05) is 45.0 Å². The number of hydrogen-bond donors (Lipinski definition) is 1. The van der Waals surface area contributed by atoms with E-state index < -0.39 is 17.7 Å². The Morgan fingerprint density at radius 1 is 0.943 bits per heavy atom. The van der Waals surface area contributed by atoms with E-state index in [2.05, 4.69) is 15.3 Å². The van der Waals surface area contributed by atoms with Crippen molar-refractivity contribution in [2.45, 2.75) is 74.2 Å². The molecule has 0 bridgehead atoms. The van der Waals surface area contributed by atoms with Crippen molar-refractivity contribution in [3.63, 3.8) is 0 Å². The van der Waals surface area contributed by atoms with Gasteiger partial charge in [0.05, 0.1) is 6.04 Å². The highest BCUT2D eigenvalue weighted by atomic mass is 32.2. The number of carbonyl (C=O) groups is 3. The summed E-state index contributed by atoms with van der Waals surface area (Å²) in [4.78, 5) is 46.0. The first kappa shape index (κ1) is 27.2. The number of amides is 1. The quantitative estimate of drug-likeness (QED) is 0.586. The minimum absolute atomic E-state index is 0.0296. The van der Waals surface area contributed by atoms with E-state index in [0.717, 1.165) is 42.6 Å². The summed E-state index contributed by atoms with van der Waals surface area (Å²) >= 11 is 2.31. The molecule has 2 aromatic rings. The second-order valence-electron chi connectivity index (χ2n) is 9.16. The Morgan fingerprint density at radius 3 is 2.09 bits per heavy atom. The lowest BCUT2D eigenvalue weighted by molar-refractivity contribution is -0.115. The third-order valence-corrected chi connectivity index (χ3v) is 7.04. The highest BCUT2D eigenvalue weighted by molar-refractivity contribution is 8.14. The van der Waals surface area contributed by atoms with Crippen LogP contribution in [0.3, 0.4) is 0 Å². The molecule has 2 saturated heterocycles. The van der Waals surface area contributed by atoms with Crippen molar-refractivity contribution in [2.24, 2.45) is 0 Å². The zero-order valence-electron chi connectivity index (χ0n) is 20.3. The fourth-order valence-corrected chi connectivity index (χ4v) is 5.25. The Morgan fingerprint density at radius 2 is 1.57 bits per heavy atom. The fourth-order valence-electron chi connectivity index (χ4n) is 3.60. The van der Waals surface area contributed by atoms with Gasteiger partial charge < -0.3 is 10.1 Å². The van der Waals surface area contributed by atoms with Crippen LogP contribution >= 0.6 is 23.5 Å². The Labute approximate surface area is 215 Å². The van der Waals surface area contributed by atoms with E-state index in [0.29, 0.717) is 18.0 Å². The van der Waals surface area contributed by atoms with Gasteiger partial charge in [-0.2, -0.15) is 0 Å². The van der Waals surface area contributed by atoms with Crippen molar-refractivity contribution in [3.05, 3.63) is 48.8 Å². The lowest BCUT2D eigenvalue weighted by Gasteiger charge is -2.27. The van der Waals surface area contributed by atoms with Crippen LogP contribution in [0.1, 0.15) is 46.5 Å². The van der Waals surface area contributed by atoms with E-state index in [1.165, 1.54) is 16.7 Å². The minimum atomic E-state index is -0.554. The summed E-state index contributed by atoms with van der Waals surface area (Å²) in [6.07, 6.45) is 6.49. The predicted molar refractivity (Wildman–Crippen MR) is 137 cm³/mol. The van der Waals surface area contributed by atoms with Crippen LogP contribution in [-0.4, -0.2) is 62.0 Å². The molecule has 0 unspecified atom stereocenters. The molecule has 4 heterocycles. The average Bonchev–Trinajstić information content (AvgIpc) is 3.52. The molecule has 8 nitrogen and oxygen atoms in total. The number of ether oxygens (including phenoxy) is 1. The molecule has 2 atom stereocenters. The zero-order chi connectivity index (χ0) is 25.3. The van der Waals surface area contributed by atoms with Crippen molar-refractivity contribution in [2.75, 3.05) is 13.1 Å².